The Bertz CT molecular complexity index is 830. The van der Waals surface area contributed by atoms with Crippen LogP contribution in [0.4, 0.5) is 5.69 Å². The van der Waals surface area contributed by atoms with Gasteiger partial charge >= 0.3 is 0 Å². The van der Waals surface area contributed by atoms with Crippen LogP contribution in [-0.2, 0) is 0 Å². The average molecular weight is 354 g/mol. The smallest absolute Gasteiger partial charge is 0.270 e. The lowest BCUT2D eigenvalue weighted by Crippen LogP contribution is -2.44. The van der Waals surface area contributed by atoms with E-state index in [1.54, 1.807) is 6.07 Å². The number of hydrogen-bond acceptors (Lipinski definition) is 4. The number of benzene rings is 2. The van der Waals surface area contributed by atoms with Crippen molar-refractivity contribution < 1.29 is 14.5 Å². The summed E-state index contributed by atoms with van der Waals surface area (Å²) in [5, 5.41) is 14.0. The summed E-state index contributed by atoms with van der Waals surface area (Å²) in [5.74, 6) is 0.461. The lowest BCUT2D eigenvalue weighted by molar-refractivity contribution is -0.384. The van der Waals surface area contributed by atoms with E-state index in [4.69, 9.17) is 4.74 Å². The molecule has 0 fully saturated rings. The van der Waals surface area contributed by atoms with Crippen molar-refractivity contribution in [2.24, 2.45) is 0 Å². The molecular weight excluding hydrogens is 332 g/mol. The minimum Gasteiger partial charge on any atom is -0.487 e. The molecule has 0 radical (unpaired) electrons. The molecule has 1 aliphatic heterocycles. The molecule has 6 heteroatoms. The van der Waals surface area contributed by atoms with Crippen LogP contribution in [0.5, 0.6) is 5.75 Å². The molecule has 1 N–H and O–H groups in total. The Labute approximate surface area is 152 Å². The van der Waals surface area contributed by atoms with Crippen LogP contribution in [0.25, 0.3) is 0 Å². The van der Waals surface area contributed by atoms with Crippen molar-refractivity contribution in [2.75, 3.05) is 0 Å². The lowest BCUT2D eigenvalue weighted by Gasteiger charge is -2.41. The first-order valence-electron chi connectivity index (χ1n) is 8.81. The van der Waals surface area contributed by atoms with Gasteiger partial charge in [0.25, 0.3) is 11.6 Å². The largest absolute Gasteiger partial charge is 0.487 e. The van der Waals surface area contributed by atoms with E-state index >= 15 is 0 Å². The normalized spacial score (nSPS) is 17.7. The number of nitrogens with zero attached hydrogens (tertiary/aromatic N) is 1. The molecule has 2 aromatic carbocycles. The highest BCUT2D eigenvalue weighted by molar-refractivity contribution is 5.95. The minimum atomic E-state index is -0.500. The number of ether oxygens (including phenoxy) is 1. The van der Waals surface area contributed by atoms with Crippen molar-refractivity contribution in [3.63, 3.8) is 0 Å². The number of nitro groups is 1. The summed E-state index contributed by atoms with van der Waals surface area (Å²) in [6.45, 7) is 4.16. The number of para-hydroxylation sites is 1. The fourth-order valence-corrected chi connectivity index (χ4v) is 3.43. The van der Waals surface area contributed by atoms with E-state index < -0.39 is 4.92 Å². The fourth-order valence-electron chi connectivity index (χ4n) is 3.43. The number of fused-ring (bicyclic) bond motifs is 1. The van der Waals surface area contributed by atoms with Gasteiger partial charge in [-0.05, 0) is 25.0 Å². The number of hydrogen-bond donors (Lipinski definition) is 1. The Kier molecular flexibility index (Phi) is 4.93. The number of nitro benzene ring substituents is 1. The number of rotatable bonds is 5. The highest BCUT2D eigenvalue weighted by Gasteiger charge is 2.39. The van der Waals surface area contributed by atoms with Crippen LogP contribution in [0, 0.1) is 10.1 Å². The second-order valence-corrected chi connectivity index (χ2v) is 6.57. The molecule has 0 aromatic heterocycles. The van der Waals surface area contributed by atoms with E-state index in [1.165, 1.54) is 18.2 Å². The van der Waals surface area contributed by atoms with E-state index in [2.05, 4.69) is 19.2 Å². The SMILES string of the molecule is CCC1(CC)CC(NC(=O)c2cccc([N+](=O)[O-])c2)c2ccccc2O1. The van der Waals surface area contributed by atoms with Crippen molar-refractivity contribution in [1.29, 1.82) is 0 Å². The first kappa shape index (κ1) is 17.9. The third kappa shape index (κ3) is 3.40. The molecule has 1 amide bonds. The maximum absolute atomic E-state index is 12.7. The fraction of sp³-hybridized carbons (Fsp3) is 0.350. The number of carbonyl (C=O) groups is 1. The summed E-state index contributed by atoms with van der Waals surface area (Å²) in [5.41, 5.74) is 0.793. The molecule has 0 saturated carbocycles. The number of nitrogens with one attached hydrogen (secondary N) is 1. The zero-order valence-electron chi connectivity index (χ0n) is 14.9. The molecule has 1 atom stereocenters. The molecule has 26 heavy (non-hydrogen) atoms. The second kappa shape index (κ2) is 7.15. The lowest BCUT2D eigenvalue weighted by atomic mass is 9.83. The molecule has 136 valence electrons. The van der Waals surface area contributed by atoms with Gasteiger partial charge in [0, 0.05) is 29.7 Å². The summed E-state index contributed by atoms with van der Waals surface area (Å²) in [6, 6.07) is 13.3. The Morgan fingerprint density at radius 1 is 1.23 bits per heavy atom. The van der Waals surface area contributed by atoms with Crippen LogP contribution in [0.2, 0.25) is 0 Å². The summed E-state index contributed by atoms with van der Waals surface area (Å²) >= 11 is 0. The molecule has 1 unspecified atom stereocenters. The highest BCUT2D eigenvalue weighted by Crippen LogP contribution is 2.42. The van der Waals surface area contributed by atoms with Crippen molar-refractivity contribution in [3.8, 4) is 5.75 Å². The zero-order valence-corrected chi connectivity index (χ0v) is 14.9. The molecule has 3 rings (SSSR count). The van der Waals surface area contributed by atoms with E-state index in [-0.39, 0.29) is 28.8 Å². The standard InChI is InChI=1S/C20H22N2O4/c1-3-20(4-2)13-17(16-10-5-6-11-18(16)26-20)21-19(23)14-8-7-9-15(12-14)22(24)25/h5-12,17H,3-4,13H2,1-2H3,(H,21,23). The second-order valence-electron chi connectivity index (χ2n) is 6.57. The van der Waals surface area contributed by atoms with Crippen molar-refractivity contribution in [1.82, 2.24) is 5.32 Å². The quantitative estimate of drug-likeness (QED) is 0.637. The van der Waals surface area contributed by atoms with Crippen molar-refractivity contribution in [2.45, 2.75) is 44.8 Å². The molecule has 6 nitrogen and oxygen atoms in total. The summed E-state index contributed by atoms with van der Waals surface area (Å²) < 4.78 is 6.25. The molecule has 0 bridgehead atoms. The molecule has 0 aliphatic carbocycles. The van der Waals surface area contributed by atoms with E-state index in [9.17, 15) is 14.9 Å². The Morgan fingerprint density at radius 3 is 2.65 bits per heavy atom. The van der Waals surface area contributed by atoms with Crippen LogP contribution < -0.4 is 10.1 Å². The van der Waals surface area contributed by atoms with Crippen molar-refractivity contribution in [3.05, 3.63) is 69.8 Å². The van der Waals surface area contributed by atoms with Gasteiger partial charge in [-0.15, -0.1) is 0 Å². The molecular formula is C20H22N2O4. The third-order valence-corrected chi connectivity index (χ3v) is 5.11. The molecule has 0 spiro atoms. The molecule has 0 saturated heterocycles. The number of amides is 1. The Balaban J connectivity index is 1.89. The van der Waals surface area contributed by atoms with Crippen molar-refractivity contribution >= 4 is 11.6 Å². The van der Waals surface area contributed by atoms with Gasteiger partial charge in [-0.25, -0.2) is 0 Å². The van der Waals surface area contributed by atoms with Gasteiger partial charge in [0.05, 0.1) is 11.0 Å². The summed E-state index contributed by atoms with van der Waals surface area (Å²) in [7, 11) is 0. The Morgan fingerprint density at radius 2 is 1.96 bits per heavy atom. The maximum atomic E-state index is 12.7. The number of carbonyl (C=O) groups excluding carboxylic acids is 1. The van der Waals surface area contributed by atoms with Gasteiger partial charge in [-0.1, -0.05) is 38.1 Å². The van der Waals surface area contributed by atoms with Crippen LogP contribution in [-0.4, -0.2) is 16.4 Å². The van der Waals surface area contributed by atoms with Gasteiger partial charge in [0.2, 0.25) is 0 Å². The zero-order chi connectivity index (χ0) is 18.7. The van der Waals surface area contributed by atoms with Gasteiger partial charge < -0.3 is 10.1 Å². The van der Waals surface area contributed by atoms with Crippen LogP contribution >= 0.6 is 0 Å². The maximum Gasteiger partial charge on any atom is 0.270 e. The van der Waals surface area contributed by atoms with E-state index in [1.807, 2.05) is 24.3 Å². The van der Waals surface area contributed by atoms with Gasteiger partial charge in [-0.3, -0.25) is 14.9 Å². The van der Waals surface area contributed by atoms with Crippen LogP contribution in [0.3, 0.4) is 0 Å². The minimum absolute atomic E-state index is 0.0958. The van der Waals surface area contributed by atoms with E-state index in [0.717, 1.165) is 24.2 Å². The topological polar surface area (TPSA) is 81.5 Å². The number of non-ortho nitro benzene ring substituents is 1. The highest BCUT2D eigenvalue weighted by atomic mass is 16.6. The van der Waals surface area contributed by atoms with Gasteiger partial charge in [0.15, 0.2) is 0 Å². The molecule has 1 aliphatic rings. The van der Waals surface area contributed by atoms with Crippen LogP contribution in [0.15, 0.2) is 48.5 Å². The Hall–Kier alpha value is -2.89. The predicted octanol–water partition coefficient (Wildman–Crippen LogP) is 4.41. The third-order valence-electron chi connectivity index (χ3n) is 5.11. The summed E-state index contributed by atoms with van der Waals surface area (Å²) in [4.78, 5) is 23.2. The first-order chi connectivity index (χ1) is 12.5. The summed E-state index contributed by atoms with van der Waals surface area (Å²) in [6.07, 6.45) is 2.33. The van der Waals surface area contributed by atoms with Crippen LogP contribution in [0.1, 0.15) is 55.1 Å². The van der Waals surface area contributed by atoms with Gasteiger partial charge in [-0.2, -0.15) is 0 Å². The molecule has 2 aromatic rings. The predicted molar refractivity (Wildman–Crippen MR) is 98.3 cm³/mol. The molecule has 1 heterocycles. The monoisotopic (exact) mass is 354 g/mol. The van der Waals surface area contributed by atoms with Gasteiger partial charge in [0.1, 0.15) is 11.4 Å². The van der Waals surface area contributed by atoms with E-state index in [0.29, 0.717) is 6.42 Å². The first-order valence-corrected chi connectivity index (χ1v) is 8.81. The average Bonchev–Trinajstić information content (AvgIpc) is 2.67.